The van der Waals surface area contributed by atoms with Crippen LogP contribution in [-0.4, -0.2) is 61.3 Å². The van der Waals surface area contributed by atoms with Crippen molar-refractivity contribution < 1.29 is 14.3 Å². The first-order chi connectivity index (χ1) is 13.7. The molecule has 28 heavy (non-hydrogen) atoms. The van der Waals surface area contributed by atoms with Gasteiger partial charge in [-0.15, -0.1) is 0 Å². The Morgan fingerprint density at radius 2 is 2.14 bits per heavy atom. The van der Waals surface area contributed by atoms with Crippen LogP contribution in [0.15, 0.2) is 40.6 Å². The van der Waals surface area contributed by atoms with Crippen LogP contribution < -0.4 is 15.1 Å². The van der Waals surface area contributed by atoms with Gasteiger partial charge in [-0.3, -0.25) is 4.79 Å². The van der Waals surface area contributed by atoms with Crippen LogP contribution in [0.4, 0.5) is 5.82 Å². The molecule has 0 atom stereocenters. The second-order valence-corrected chi connectivity index (χ2v) is 7.02. The Hall–Kier alpha value is -2.65. The van der Waals surface area contributed by atoms with Crippen molar-refractivity contribution in [2.75, 3.05) is 44.1 Å². The number of ether oxygens (including phenoxy) is 2. The summed E-state index contributed by atoms with van der Waals surface area (Å²) in [5, 5.41) is 4.56. The molecule has 0 unspecified atom stereocenters. The van der Waals surface area contributed by atoms with Crippen molar-refractivity contribution in [1.29, 1.82) is 0 Å². The van der Waals surface area contributed by atoms with Gasteiger partial charge in [0.2, 0.25) is 0 Å². The second kappa shape index (κ2) is 10.0. The standard InChI is InChI=1S/C19H23N5O3S/c1-14-11-17(24-7-9-27-10-8-24)22-19(21-14)28-13-18(25)23-20-12-15-5-3-4-6-16(15)26-2/h3-6,11-12H,7-10,13H2,1-2H3,(H,23,25). The minimum absolute atomic E-state index is 0.176. The van der Waals surface area contributed by atoms with Crippen LogP contribution in [0, 0.1) is 6.92 Å². The Labute approximate surface area is 168 Å². The molecule has 0 bridgehead atoms. The van der Waals surface area contributed by atoms with Crippen LogP contribution in [0.2, 0.25) is 0 Å². The Bertz CT molecular complexity index is 840. The van der Waals surface area contributed by atoms with Crippen LogP contribution in [0.5, 0.6) is 5.75 Å². The number of rotatable bonds is 7. The van der Waals surface area contributed by atoms with Gasteiger partial charge in [0.15, 0.2) is 5.16 Å². The first-order valence-corrected chi connectivity index (χ1v) is 9.90. The number of nitrogens with one attached hydrogen (secondary N) is 1. The molecule has 1 amide bonds. The molecule has 1 aromatic heterocycles. The Kier molecular flexibility index (Phi) is 7.21. The van der Waals surface area contributed by atoms with Crippen molar-refractivity contribution in [2.45, 2.75) is 12.1 Å². The minimum atomic E-state index is -0.228. The Morgan fingerprint density at radius 3 is 2.93 bits per heavy atom. The van der Waals surface area contributed by atoms with Gasteiger partial charge in [0, 0.05) is 30.4 Å². The lowest BCUT2D eigenvalue weighted by Crippen LogP contribution is -2.36. The third-order valence-corrected chi connectivity index (χ3v) is 4.87. The summed E-state index contributed by atoms with van der Waals surface area (Å²) in [5.74, 6) is 1.51. The summed E-state index contributed by atoms with van der Waals surface area (Å²) in [5.41, 5.74) is 4.17. The van der Waals surface area contributed by atoms with E-state index in [1.165, 1.54) is 11.8 Å². The fourth-order valence-electron chi connectivity index (χ4n) is 2.65. The first kappa shape index (κ1) is 20.1. The highest BCUT2D eigenvalue weighted by Gasteiger charge is 2.15. The number of anilines is 1. The van der Waals surface area contributed by atoms with Gasteiger partial charge in [-0.2, -0.15) is 5.10 Å². The van der Waals surface area contributed by atoms with E-state index in [0.29, 0.717) is 24.1 Å². The van der Waals surface area contributed by atoms with Crippen molar-refractivity contribution in [1.82, 2.24) is 15.4 Å². The van der Waals surface area contributed by atoms with Crippen LogP contribution in [0.1, 0.15) is 11.3 Å². The van der Waals surface area contributed by atoms with Gasteiger partial charge in [0.1, 0.15) is 11.6 Å². The third kappa shape index (κ3) is 5.67. The van der Waals surface area contributed by atoms with Gasteiger partial charge in [-0.25, -0.2) is 15.4 Å². The number of amides is 1. The van der Waals surface area contributed by atoms with Crippen molar-refractivity contribution in [3.63, 3.8) is 0 Å². The SMILES string of the molecule is COc1ccccc1C=NNC(=O)CSc1nc(C)cc(N2CCOCC2)n1. The molecule has 1 aliphatic rings. The molecule has 8 nitrogen and oxygen atoms in total. The van der Waals surface area contributed by atoms with Crippen molar-refractivity contribution in [2.24, 2.45) is 5.10 Å². The van der Waals surface area contributed by atoms with E-state index in [1.807, 2.05) is 37.3 Å². The second-order valence-electron chi connectivity index (χ2n) is 6.07. The number of morpholine rings is 1. The van der Waals surface area contributed by atoms with Gasteiger partial charge in [0.05, 0.1) is 32.3 Å². The fourth-order valence-corrected chi connectivity index (χ4v) is 3.34. The van der Waals surface area contributed by atoms with Crippen LogP contribution in [0.25, 0.3) is 0 Å². The summed E-state index contributed by atoms with van der Waals surface area (Å²) in [6, 6.07) is 9.39. The van der Waals surface area contributed by atoms with Gasteiger partial charge in [-0.1, -0.05) is 23.9 Å². The Balaban J connectivity index is 1.54. The number of hydrogen-bond donors (Lipinski definition) is 1. The lowest BCUT2D eigenvalue weighted by molar-refractivity contribution is -0.118. The average molecular weight is 401 g/mol. The van der Waals surface area contributed by atoms with Gasteiger partial charge in [0.25, 0.3) is 5.91 Å². The summed E-state index contributed by atoms with van der Waals surface area (Å²) in [6.07, 6.45) is 1.56. The van der Waals surface area contributed by atoms with Gasteiger partial charge in [-0.05, 0) is 19.1 Å². The molecule has 0 saturated carbocycles. The predicted molar refractivity (Wildman–Crippen MR) is 109 cm³/mol. The largest absolute Gasteiger partial charge is 0.496 e. The maximum atomic E-state index is 12.1. The first-order valence-electron chi connectivity index (χ1n) is 8.92. The van der Waals surface area contributed by atoms with Crippen molar-refractivity contribution >= 4 is 29.7 Å². The number of hydrazone groups is 1. The fraction of sp³-hybridized carbons (Fsp3) is 0.368. The van der Waals surface area contributed by atoms with Crippen molar-refractivity contribution in [3.05, 3.63) is 41.6 Å². The molecule has 2 heterocycles. The third-order valence-electron chi connectivity index (χ3n) is 4.02. The molecule has 0 radical (unpaired) electrons. The molecule has 1 aromatic carbocycles. The molecular weight excluding hydrogens is 378 g/mol. The summed E-state index contributed by atoms with van der Waals surface area (Å²) in [7, 11) is 1.59. The molecule has 3 rings (SSSR count). The van der Waals surface area contributed by atoms with E-state index in [9.17, 15) is 4.79 Å². The van der Waals surface area contributed by atoms with E-state index in [4.69, 9.17) is 9.47 Å². The summed E-state index contributed by atoms with van der Waals surface area (Å²) < 4.78 is 10.6. The maximum Gasteiger partial charge on any atom is 0.250 e. The lowest BCUT2D eigenvalue weighted by Gasteiger charge is -2.28. The Morgan fingerprint density at radius 1 is 1.36 bits per heavy atom. The zero-order chi connectivity index (χ0) is 19.8. The number of para-hydroxylation sites is 1. The maximum absolute atomic E-state index is 12.1. The highest BCUT2D eigenvalue weighted by atomic mass is 32.2. The highest BCUT2D eigenvalue weighted by molar-refractivity contribution is 7.99. The number of carbonyl (C=O) groups excluding carboxylic acids is 1. The van der Waals surface area contributed by atoms with Crippen LogP contribution in [0.3, 0.4) is 0 Å². The topological polar surface area (TPSA) is 88.9 Å². The minimum Gasteiger partial charge on any atom is -0.496 e. The number of nitrogens with zero attached hydrogens (tertiary/aromatic N) is 4. The molecule has 1 fully saturated rings. The van der Waals surface area contributed by atoms with E-state index in [-0.39, 0.29) is 11.7 Å². The quantitative estimate of drug-likeness (QED) is 0.328. The zero-order valence-corrected chi connectivity index (χ0v) is 16.7. The zero-order valence-electron chi connectivity index (χ0n) is 15.9. The van der Waals surface area contributed by atoms with Crippen molar-refractivity contribution in [3.8, 4) is 5.75 Å². The monoisotopic (exact) mass is 401 g/mol. The van der Waals surface area contributed by atoms with E-state index in [0.717, 1.165) is 30.2 Å². The number of carbonyl (C=O) groups is 1. The molecule has 1 aliphatic heterocycles. The highest BCUT2D eigenvalue weighted by Crippen LogP contribution is 2.20. The summed E-state index contributed by atoms with van der Waals surface area (Å²) in [4.78, 5) is 23.2. The molecule has 9 heteroatoms. The van der Waals surface area contributed by atoms with E-state index >= 15 is 0 Å². The molecule has 0 aliphatic carbocycles. The predicted octanol–water partition coefficient (Wildman–Crippen LogP) is 1.87. The lowest BCUT2D eigenvalue weighted by atomic mass is 10.2. The molecule has 1 N–H and O–H groups in total. The van der Waals surface area contributed by atoms with Crippen LogP contribution >= 0.6 is 11.8 Å². The number of aryl methyl sites for hydroxylation is 1. The van der Waals surface area contributed by atoms with Gasteiger partial charge >= 0.3 is 0 Å². The molecule has 2 aromatic rings. The van der Waals surface area contributed by atoms with E-state index < -0.39 is 0 Å². The van der Waals surface area contributed by atoms with E-state index in [2.05, 4.69) is 25.4 Å². The number of benzene rings is 1. The van der Waals surface area contributed by atoms with Gasteiger partial charge < -0.3 is 14.4 Å². The summed E-state index contributed by atoms with van der Waals surface area (Å²) >= 11 is 1.28. The van der Waals surface area contributed by atoms with E-state index in [1.54, 1.807) is 13.3 Å². The van der Waals surface area contributed by atoms with Crippen LogP contribution in [-0.2, 0) is 9.53 Å². The average Bonchev–Trinajstić information content (AvgIpc) is 2.73. The number of thioether (sulfide) groups is 1. The number of methoxy groups -OCH3 is 1. The normalized spacial score (nSPS) is 14.3. The molecule has 148 valence electrons. The smallest absolute Gasteiger partial charge is 0.250 e. The molecular formula is C19H23N5O3S. The molecule has 1 saturated heterocycles. The molecule has 0 spiro atoms. The summed E-state index contributed by atoms with van der Waals surface area (Å²) in [6.45, 7) is 4.92. The number of hydrogen-bond acceptors (Lipinski definition) is 8. The number of aromatic nitrogens is 2.